The molecule has 0 saturated carbocycles. The van der Waals surface area contributed by atoms with E-state index in [-0.39, 0.29) is 17.4 Å². The number of rotatable bonds is 4. The summed E-state index contributed by atoms with van der Waals surface area (Å²) in [6, 6.07) is 5.42. The molecular formula is C22H30FN5O2. The first-order valence-corrected chi connectivity index (χ1v) is 10.8. The SMILES string of the molecule is Cc1noc(-c2ccc([C@@]3(C(=O)N4CCCN(C(C)C)CC4)CCNC3)cc2F)n1. The molecule has 30 heavy (non-hydrogen) atoms. The van der Waals surface area contributed by atoms with Crippen molar-refractivity contribution < 1.29 is 13.7 Å². The van der Waals surface area contributed by atoms with Gasteiger partial charge in [-0.05, 0) is 57.9 Å². The molecule has 0 unspecified atom stereocenters. The monoisotopic (exact) mass is 415 g/mol. The number of carbonyl (C=O) groups excluding carboxylic acids is 1. The van der Waals surface area contributed by atoms with Crippen LogP contribution in [0.15, 0.2) is 22.7 Å². The van der Waals surface area contributed by atoms with Crippen LogP contribution in [0, 0.1) is 12.7 Å². The van der Waals surface area contributed by atoms with Crippen molar-refractivity contribution >= 4 is 5.91 Å². The van der Waals surface area contributed by atoms with Crippen LogP contribution in [-0.2, 0) is 10.2 Å². The number of aryl methyl sites for hydroxylation is 1. The Morgan fingerprint density at radius 2 is 2.10 bits per heavy atom. The van der Waals surface area contributed by atoms with E-state index in [1.807, 2.05) is 11.0 Å². The van der Waals surface area contributed by atoms with Gasteiger partial charge < -0.3 is 14.7 Å². The minimum Gasteiger partial charge on any atom is -0.341 e. The molecule has 4 rings (SSSR count). The Morgan fingerprint density at radius 1 is 1.27 bits per heavy atom. The third kappa shape index (κ3) is 3.86. The van der Waals surface area contributed by atoms with Crippen LogP contribution < -0.4 is 5.32 Å². The molecule has 1 atom stereocenters. The van der Waals surface area contributed by atoms with Crippen LogP contribution in [0.1, 0.15) is 38.1 Å². The van der Waals surface area contributed by atoms with Gasteiger partial charge in [0.25, 0.3) is 5.89 Å². The molecule has 1 N–H and O–H groups in total. The zero-order valence-electron chi connectivity index (χ0n) is 17.9. The van der Waals surface area contributed by atoms with Crippen LogP contribution in [0.2, 0.25) is 0 Å². The van der Waals surface area contributed by atoms with Gasteiger partial charge in [0.1, 0.15) is 5.82 Å². The van der Waals surface area contributed by atoms with E-state index in [0.29, 0.717) is 36.9 Å². The molecule has 0 aliphatic carbocycles. The smallest absolute Gasteiger partial charge is 0.260 e. The predicted molar refractivity (Wildman–Crippen MR) is 111 cm³/mol. The van der Waals surface area contributed by atoms with Gasteiger partial charge in [0.15, 0.2) is 5.82 Å². The van der Waals surface area contributed by atoms with Crippen molar-refractivity contribution in [3.8, 4) is 11.5 Å². The van der Waals surface area contributed by atoms with Gasteiger partial charge in [0.05, 0.1) is 11.0 Å². The fourth-order valence-corrected chi connectivity index (χ4v) is 4.60. The predicted octanol–water partition coefficient (Wildman–Crippen LogP) is 2.36. The van der Waals surface area contributed by atoms with Crippen molar-refractivity contribution in [3.05, 3.63) is 35.4 Å². The molecule has 2 aliphatic heterocycles. The van der Waals surface area contributed by atoms with E-state index < -0.39 is 11.2 Å². The average molecular weight is 416 g/mol. The van der Waals surface area contributed by atoms with Crippen LogP contribution in [0.4, 0.5) is 4.39 Å². The van der Waals surface area contributed by atoms with Gasteiger partial charge in [-0.3, -0.25) is 9.69 Å². The zero-order chi connectivity index (χ0) is 21.3. The Balaban J connectivity index is 1.61. The lowest BCUT2D eigenvalue weighted by atomic mass is 9.77. The van der Waals surface area contributed by atoms with Gasteiger partial charge >= 0.3 is 0 Å². The first-order chi connectivity index (χ1) is 14.4. The van der Waals surface area contributed by atoms with Crippen LogP contribution in [0.5, 0.6) is 0 Å². The number of halogens is 1. The number of carbonyl (C=O) groups is 1. The Bertz CT molecular complexity index is 907. The Labute approximate surface area is 176 Å². The summed E-state index contributed by atoms with van der Waals surface area (Å²) in [5, 5.41) is 7.06. The van der Waals surface area contributed by atoms with Crippen LogP contribution in [0.3, 0.4) is 0 Å². The number of benzene rings is 1. The highest BCUT2D eigenvalue weighted by Crippen LogP contribution is 2.35. The van der Waals surface area contributed by atoms with Crippen molar-refractivity contribution in [3.63, 3.8) is 0 Å². The highest BCUT2D eigenvalue weighted by molar-refractivity contribution is 5.89. The van der Waals surface area contributed by atoms with Gasteiger partial charge in [-0.2, -0.15) is 4.98 Å². The summed E-state index contributed by atoms with van der Waals surface area (Å²) in [4.78, 5) is 22.2. The van der Waals surface area contributed by atoms with E-state index in [1.54, 1.807) is 13.0 Å². The van der Waals surface area contributed by atoms with E-state index in [4.69, 9.17) is 4.52 Å². The van der Waals surface area contributed by atoms with Gasteiger partial charge in [-0.1, -0.05) is 11.2 Å². The third-order valence-electron chi connectivity index (χ3n) is 6.39. The molecule has 1 amide bonds. The number of nitrogens with one attached hydrogen (secondary N) is 1. The summed E-state index contributed by atoms with van der Waals surface area (Å²) < 4.78 is 20.1. The first-order valence-electron chi connectivity index (χ1n) is 10.8. The Morgan fingerprint density at radius 3 is 2.73 bits per heavy atom. The number of amides is 1. The molecular weight excluding hydrogens is 385 g/mol. The van der Waals surface area contributed by atoms with Crippen molar-refractivity contribution in [2.24, 2.45) is 0 Å². The molecule has 2 aromatic rings. The second kappa shape index (κ2) is 8.43. The highest BCUT2D eigenvalue weighted by atomic mass is 19.1. The molecule has 2 fully saturated rings. The fourth-order valence-electron chi connectivity index (χ4n) is 4.60. The van der Waals surface area contributed by atoms with Crippen molar-refractivity contribution in [2.75, 3.05) is 39.3 Å². The molecule has 162 valence electrons. The van der Waals surface area contributed by atoms with Crippen LogP contribution in [0.25, 0.3) is 11.5 Å². The summed E-state index contributed by atoms with van der Waals surface area (Å²) >= 11 is 0. The molecule has 2 aliphatic rings. The van der Waals surface area contributed by atoms with Gasteiger partial charge in [-0.15, -0.1) is 0 Å². The third-order valence-corrected chi connectivity index (χ3v) is 6.39. The standard InChI is InChI=1S/C22H30FN5O2/c1-15(2)27-9-4-10-28(12-11-27)21(29)22(7-8-24-14-22)17-5-6-18(19(23)13-17)20-25-16(3)26-30-20/h5-6,13,15,24H,4,7-12,14H2,1-3H3/t22-/m1/s1. The molecule has 2 saturated heterocycles. The second-order valence-corrected chi connectivity index (χ2v) is 8.63. The Hall–Kier alpha value is -2.32. The second-order valence-electron chi connectivity index (χ2n) is 8.63. The lowest BCUT2D eigenvalue weighted by Gasteiger charge is -2.34. The molecule has 1 aromatic heterocycles. The summed E-state index contributed by atoms with van der Waals surface area (Å²) in [5.74, 6) is 0.260. The minimum absolute atomic E-state index is 0.0962. The van der Waals surface area contributed by atoms with Gasteiger partial charge in [0, 0.05) is 38.8 Å². The molecule has 7 nitrogen and oxygen atoms in total. The topological polar surface area (TPSA) is 74.5 Å². The quantitative estimate of drug-likeness (QED) is 0.826. The first kappa shape index (κ1) is 20.9. The number of hydrogen-bond acceptors (Lipinski definition) is 6. The maximum atomic E-state index is 15.0. The normalized spacial score (nSPS) is 23.2. The zero-order valence-corrected chi connectivity index (χ0v) is 17.9. The lowest BCUT2D eigenvalue weighted by Crippen LogP contribution is -2.49. The molecule has 3 heterocycles. The summed E-state index contributed by atoms with van der Waals surface area (Å²) in [7, 11) is 0. The largest absolute Gasteiger partial charge is 0.341 e. The number of aromatic nitrogens is 2. The molecule has 1 aromatic carbocycles. The van der Waals surface area contributed by atoms with E-state index in [2.05, 4.69) is 34.2 Å². The van der Waals surface area contributed by atoms with Crippen molar-refractivity contribution in [1.29, 1.82) is 0 Å². The van der Waals surface area contributed by atoms with E-state index in [0.717, 1.165) is 32.6 Å². The fraction of sp³-hybridized carbons (Fsp3) is 0.591. The Kier molecular flexibility index (Phi) is 5.88. The minimum atomic E-state index is -0.739. The lowest BCUT2D eigenvalue weighted by molar-refractivity contribution is -0.136. The van der Waals surface area contributed by atoms with Crippen LogP contribution >= 0.6 is 0 Å². The molecule has 0 spiro atoms. The maximum absolute atomic E-state index is 15.0. The number of nitrogens with zero attached hydrogens (tertiary/aromatic N) is 4. The van der Waals surface area contributed by atoms with Crippen LogP contribution in [-0.4, -0.2) is 71.2 Å². The van der Waals surface area contributed by atoms with Crippen molar-refractivity contribution in [1.82, 2.24) is 25.3 Å². The molecule has 0 radical (unpaired) electrons. The number of hydrogen-bond donors (Lipinski definition) is 1. The van der Waals surface area contributed by atoms with E-state index in [9.17, 15) is 9.18 Å². The average Bonchev–Trinajstić information content (AvgIpc) is 3.31. The van der Waals surface area contributed by atoms with E-state index >= 15 is 0 Å². The molecule has 8 heteroatoms. The van der Waals surface area contributed by atoms with Gasteiger partial charge in [0.2, 0.25) is 5.91 Å². The van der Waals surface area contributed by atoms with Gasteiger partial charge in [-0.25, -0.2) is 4.39 Å². The van der Waals surface area contributed by atoms with E-state index in [1.165, 1.54) is 6.07 Å². The highest BCUT2D eigenvalue weighted by Gasteiger charge is 2.45. The molecule has 0 bridgehead atoms. The maximum Gasteiger partial charge on any atom is 0.260 e. The van der Waals surface area contributed by atoms with Crippen molar-refractivity contribution in [2.45, 2.75) is 45.1 Å². The summed E-state index contributed by atoms with van der Waals surface area (Å²) in [6.07, 6.45) is 1.62. The summed E-state index contributed by atoms with van der Waals surface area (Å²) in [5.41, 5.74) is 0.229. The summed E-state index contributed by atoms with van der Waals surface area (Å²) in [6.45, 7) is 10.7.